The second-order valence-electron chi connectivity index (χ2n) is 5.23. The maximum atomic E-state index is 10.8. The fourth-order valence-corrected chi connectivity index (χ4v) is 2.72. The van der Waals surface area contributed by atoms with E-state index >= 15 is 0 Å². The zero-order valence-electron chi connectivity index (χ0n) is 10.8. The van der Waals surface area contributed by atoms with Crippen LogP contribution in [0, 0.1) is 16.0 Å². The molecule has 1 saturated heterocycles. The Labute approximate surface area is 107 Å². The molecule has 2 rings (SSSR count). The molecule has 1 aromatic rings. The average molecular weight is 249 g/mol. The van der Waals surface area contributed by atoms with Gasteiger partial charge in [0.1, 0.15) is 5.69 Å². The van der Waals surface area contributed by atoms with Crippen molar-refractivity contribution in [2.75, 3.05) is 12.3 Å². The largest absolute Gasteiger partial charge is 0.393 e. The number of benzene rings is 1. The van der Waals surface area contributed by atoms with Crippen molar-refractivity contribution in [2.45, 2.75) is 32.9 Å². The molecule has 98 valence electrons. The van der Waals surface area contributed by atoms with E-state index in [1.165, 1.54) is 12.5 Å². The smallest absolute Gasteiger partial charge is 0.292 e. The van der Waals surface area contributed by atoms with E-state index in [9.17, 15) is 10.1 Å². The topological polar surface area (TPSA) is 72.4 Å². The lowest BCUT2D eigenvalue weighted by molar-refractivity contribution is -0.384. The number of hydrogen-bond acceptors (Lipinski definition) is 4. The highest BCUT2D eigenvalue weighted by Gasteiger charge is 2.27. The van der Waals surface area contributed by atoms with Crippen LogP contribution in [0.3, 0.4) is 0 Å². The minimum atomic E-state index is -0.422. The van der Waals surface area contributed by atoms with Crippen molar-refractivity contribution < 1.29 is 4.92 Å². The van der Waals surface area contributed by atoms with Crippen molar-refractivity contribution >= 4 is 11.4 Å². The molecule has 0 bridgehead atoms. The molecule has 1 fully saturated rings. The van der Waals surface area contributed by atoms with Gasteiger partial charge in [-0.15, -0.1) is 0 Å². The summed E-state index contributed by atoms with van der Waals surface area (Å²) in [6.07, 6.45) is 1.18. The molecule has 18 heavy (non-hydrogen) atoms. The summed E-state index contributed by atoms with van der Waals surface area (Å²) in [6.45, 7) is 6.15. The average Bonchev–Trinajstić information content (AvgIpc) is 2.60. The molecule has 0 aliphatic carbocycles. The number of nitrogens with two attached hydrogens (primary N) is 1. The monoisotopic (exact) mass is 249 g/mol. The number of rotatable bonds is 3. The van der Waals surface area contributed by atoms with E-state index in [2.05, 4.69) is 18.7 Å². The molecule has 2 unspecified atom stereocenters. The summed E-state index contributed by atoms with van der Waals surface area (Å²) < 4.78 is 0. The van der Waals surface area contributed by atoms with E-state index in [1.54, 1.807) is 6.07 Å². The third kappa shape index (κ3) is 2.46. The van der Waals surface area contributed by atoms with Crippen molar-refractivity contribution in [3.05, 3.63) is 33.9 Å². The molecule has 1 aromatic carbocycles. The van der Waals surface area contributed by atoms with E-state index < -0.39 is 4.92 Å². The summed E-state index contributed by atoms with van der Waals surface area (Å²) in [4.78, 5) is 12.8. The molecule has 0 aromatic heterocycles. The molecule has 0 saturated carbocycles. The van der Waals surface area contributed by atoms with Gasteiger partial charge in [-0.1, -0.05) is 19.1 Å². The lowest BCUT2D eigenvalue weighted by atomic mass is 10.1. The van der Waals surface area contributed by atoms with Crippen LogP contribution in [0.1, 0.15) is 25.8 Å². The number of para-hydroxylation sites is 1. The molecule has 1 aliphatic heterocycles. The van der Waals surface area contributed by atoms with Crippen LogP contribution in [0.15, 0.2) is 18.2 Å². The van der Waals surface area contributed by atoms with E-state index in [1.807, 2.05) is 6.07 Å². The lowest BCUT2D eigenvalue weighted by Crippen LogP contribution is -2.27. The van der Waals surface area contributed by atoms with Gasteiger partial charge in [-0.05, 0) is 24.8 Å². The summed E-state index contributed by atoms with van der Waals surface area (Å²) in [5, 5.41) is 10.8. The summed E-state index contributed by atoms with van der Waals surface area (Å²) >= 11 is 0. The number of hydrogen-bond donors (Lipinski definition) is 1. The molecule has 0 radical (unpaired) electrons. The molecule has 1 aliphatic rings. The van der Waals surface area contributed by atoms with E-state index in [4.69, 9.17) is 5.73 Å². The molecular formula is C13H19N3O2. The SMILES string of the molecule is CC1CC(C)N(Cc2cccc([N+](=O)[O-])c2N)C1. The van der Waals surface area contributed by atoms with Crippen LogP contribution < -0.4 is 5.73 Å². The molecular weight excluding hydrogens is 230 g/mol. The Bertz CT molecular complexity index is 462. The minimum Gasteiger partial charge on any atom is -0.393 e. The third-order valence-electron chi connectivity index (χ3n) is 3.66. The Morgan fingerprint density at radius 3 is 2.78 bits per heavy atom. The van der Waals surface area contributed by atoms with Crippen LogP contribution in [0.25, 0.3) is 0 Å². The Morgan fingerprint density at radius 1 is 1.50 bits per heavy atom. The van der Waals surface area contributed by atoms with Crippen LogP contribution >= 0.6 is 0 Å². The summed E-state index contributed by atoms with van der Waals surface area (Å²) in [5.74, 6) is 0.680. The fourth-order valence-electron chi connectivity index (χ4n) is 2.72. The highest BCUT2D eigenvalue weighted by molar-refractivity contribution is 5.62. The molecule has 0 spiro atoms. The van der Waals surface area contributed by atoms with E-state index in [0.717, 1.165) is 12.1 Å². The van der Waals surface area contributed by atoms with Crippen LogP contribution in [-0.2, 0) is 6.54 Å². The zero-order chi connectivity index (χ0) is 13.3. The van der Waals surface area contributed by atoms with E-state index in [-0.39, 0.29) is 5.69 Å². The zero-order valence-corrected chi connectivity index (χ0v) is 10.8. The summed E-state index contributed by atoms with van der Waals surface area (Å²) in [7, 11) is 0. The second-order valence-corrected chi connectivity index (χ2v) is 5.23. The predicted molar refractivity (Wildman–Crippen MR) is 71.2 cm³/mol. The highest BCUT2D eigenvalue weighted by Crippen LogP contribution is 2.29. The first-order valence-electron chi connectivity index (χ1n) is 6.25. The van der Waals surface area contributed by atoms with Gasteiger partial charge in [0.2, 0.25) is 0 Å². The second kappa shape index (κ2) is 4.94. The van der Waals surface area contributed by atoms with Gasteiger partial charge in [0.25, 0.3) is 5.69 Å². The quantitative estimate of drug-likeness (QED) is 0.507. The number of likely N-dealkylation sites (tertiary alicyclic amines) is 1. The predicted octanol–water partition coefficient (Wildman–Crippen LogP) is 2.41. The summed E-state index contributed by atoms with van der Waals surface area (Å²) in [5.41, 5.74) is 7.03. The van der Waals surface area contributed by atoms with Gasteiger partial charge in [-0.25, -0.2) is 0 Å². The first-order valence-corrected chi connectivity index (χ1v) is 6.25. The van der Waals surface area contributed by atoms with Crippen molar-refractivity contribution in [1.29, 1.82) is 0 Å². The van der Waals surface area contributed by atoms with E-state index in [0.29, 0.717) is 24.2 Å². The Hall–Kier alpha value is -1.62. The number of nitrogen functional groups attached to an aromatic ring is 1. The molecule has 0 amide bonds. The number of nitro benzene ring substituents is 1. The molecule has 2 atom stereocenters. The van der Waals surface area contributed by atoms with Crippen molar-refractivity contribution in [1.82, 2.24) is 4.90 Å². The van der Waals surface area contributed by atoms with Gasteiger partial charge in [-0.2, -0.15) is 0 Å². The maximum Gasteiger partial charge on any atom is 0.292 e. The third-order valence-corrected chi connectivity index (χ3v) is 3.66. The molecule has 5 heteroatoms. The number of nitro groups is 1. The van der Waals surface area contributed by atoms with Gasteiger partial charge < -0.3 is 5.73 Å². The Morgan fingerprint density at radius 2 is 2.22 bits per heavy atom. The number of nitrogens with zero attached hydrogens (tertiary/aromatic N) is 2. The normalized spacial score (nSPS) is 24.3. The van der Waals surface area contributed by atoms with Gasteiger partial charge >= 0.3 is 0 Å². The highest BCUT2D eigenvalue weighted by atomic mass is 16.6. The van der Waals surface area contributed by atoms with Crippen molar-refractivity contribution in [2.24, 2.45) is 5.92 Å². The molecule has 2 N–H and O–H groups in total. The van der Waals surface area contributed by atoms with Gasteiger partial charge in [-0.3, -0.25) is 15.0 Å². The lowest BCUT2D eigenvalue weighted by Gasteiger charge is -2.21. The first kappa shape index (κ1) is 12.8. The first-order chi connectivity index (χ1) is 8.49. The Kier molecular flexibility index (Phi) is 3.52. The fraction of sp³-hybridized carbons (Fsp3) is 0.538. The molecule has 5 nitrogen and oxygen atoms in total. The van der Waals surface area contributed by atoms with Crippen molar-refractivity contribution in [3.63, 3.8) is 0 Å². The van der Waals surface area contributed by atoms with Gasteiger partial charge in [0.05, 0.1) is 4.92 Å². The van der Waals surface area contributed by atoms with Crippen LogP contribution in [0.2, 0.25) is 0 Å². The minimum absolute atomic E-state index is 0.00685. The van der Waals surface area contributed by atoms with Gasteiger partial charge in [0.15, 0.2) is 0 Å². The van der Waals surface area contributed by atoms with Crippen LogP contribution in [-0.4, -0.2) is 22.4 Å². The van der Waals surface area contributed by atoms with Crippen LogP contribution in [0.4, 0.5) is 11.4 Å². The Balaban J connectivity index is 2.19. The maximum absolute atomic E-state index is 10.8. The van der Waals surface area contributed by atoms with Gasteiger partial charge in [0, 0.05) is 25.2 Å². The summed E-state index contributed by atoms with van der Waals surface area (Å²) in [6, 6.07) is 5.54. The van der Waals surface area contributed by atoms with Crippen molar-refractivity contribution in [3.8, 4) is 0 Å². The van der Waals surface area contributed by atoms with Crippen LogP contribution in [0.5, 0.6) is 0 Å². The molecule has 1 heterocycles. The number of anilines is 1. The standard InChI is InChI=1S/C13H19N3O2/c1-9-6-10(2)15(7-9)8-11-4-3-5-12(13(11)14)16(17)18/h3-5,9-10H,6-8,14H2,1-2H3.